The van der Waals surface area contributed by atoms with Crippen molar-refractivity contribution in [3.63, 3.8) is 0 Å². The number of carbonyl (C=O) groups excluding carboxylic acids is 1. The monoisotopic (exact) mass is 781 g/mol. The Balaban J connectivity index is 1.31. The van der Waals surface area contributed by atoms with Gasteiger partial charge in [-0.05, 0) is 48.7 Å². The molecule has 7 rings (SSSR count). The number of anilines is 2. The second kappa shape index (κ2) is 12.6. The molecule has 280 valence electrons. The third-order valence-electron chi connectivity index (χ3n) is 9.49. The number of rotatable bonds is 10. The number of aryl methyl sites for hydroxylation is 1. The Bertz CT molecular complexity index is 2350. The number of aromatic nitrogens is 4. The van der Waals surface area contributed by atoms with Gasteiger partial charge in [-0.2, -0.15) is 13.9 Å². The average Bonchev–Trinajstić information content (AvgIpc) is 3.54. The summed E-state index contributed by atoms with van der Waals surface area (Å²) in [5, 5.41) is 7.94. The molecule has 0 bridgehead atoms. The van der Waals surface area contributed by atoms with E-state index in [0.717, 1.165) is 36.5 Å². The molecule has 3 heterocycles. The highest BCUT2D eigenvalue weighted by molar-refractivity contribution is 7.92. The van der Waals surface area contributed by atoms with Gasteiger partial charge >= 0.3 is 0 Å². The topological polar surface area (TPSA) is 160 Å². The zero-order valence-electron chi connectivity index (χ0n) is 27.9. The Morgan fingerprint density at radius 1 is 1.15 bits per heavy atom. The van der Waals surface area contributed by atoms with Gasteiger partial charge in [0.15, 0.2) is 5.82 Å². The van der Waals surface area contributed by atoms with Crippen LogP contribution in [0.25, 0.3) is 22.2 Å². The number of nitrogens with zero attached hydrogens (tertiary/aromatic N) is 5. The first-order valence-electron chi connectivity index (χ1n) is 15.9. The second-order valence-corrected chi connectivity index (χ2v) is 15.5. The first kappa shape index (κ1) is 36.5. The van der Waals surface area contributed by atoms with Gasteiger partial charge in [-0.15, -0.1) is 0 Å². The van der Waals surface area contributed by atoms with Gasteiger partial charge in [-0.1, -0.05) is 23.8 Å². The SMILES string of the molecule is Cn1nc(NS(C)(=O)=O)c2c(Cl)ccc(-c3nc(N)cnc3C(Cc3cc(F)cc(F)c3)NC(=O)CN3NC(C)(C(F)F)C4=C3C(F)(F)[C@@H]3C=C[C@H]43)c21. The Morgan fingerprint density at radius 2 is 1.85 bits per heavy atom. The summed E-state index contributed by atoms with van der Waals surface area (Å²) >= 11 is 6.51. The molecule has 0 saturated carbocycles. The zero-order valence-corrected chi connectivity index (χ0v) is 29.5. The van der Waals surface area contributed by atoms with Gasteiger partial charge in [0, 0.05) is 24.6 Å². The quantitative estimate of drug-likeness (QED) is 0.130. The normalized spacial score (nSPS) is 22.3. The lowest BCUT2D eigenvalue weighted by Crippen LogP contribution is -2.57. The van der Waals surface area contributed by atoms with Crippen LogP contribution in [-0.2, 0) is 28.3 Å². The molecule has 0 fully saturated rings. The minimum Gasteiger partial charge on any atom is -0.382 e. The minimum absolute atomic E-state index is 0.0141. The van der Waals surface area contributed by atoms with Gasteiger partial charge in [0.25, 0.3) is 12.3 Å². The molecule has 0 radical (unpaired) electrons. The van der Waals surface area contributed by atoms with Gasteiger partial charge in [0.1, 0.15) is 35.2 Å². The molecule has 2 aliphatic carbocycles. The molecule has 2 unspecified atom stereocenters. The maximum absolute atomic E-state index is 15.6. The van der Waals surface area contributed by atoms with E-state index < -0.39 is 75.6 Å². The molecule has 1 aliphatic heterocycles. The summed E-state index contributed by atoms with van der Waals surface area (Å²) in [6.45, 7) is 0.227. The number of nitrogen functional groups attached to an aromatic ring is 1. The molecule has 1 amide bonds. The number of hydrogen-bond acceptors (Lipinski definition) is 9. The van der Waals surface area contributed by atoms with Gasteiger partial charge in [-0.3, -0.25) is 24.2 Å². The fraction of sp³-hybridized carbons (Fsp3) is 0.333. The van der Waals surface area contributed by atoms with Gasteiger partial charge < -0.3 is 11.1 Å². The van der Waals surface area contributed by atoms with Crippen molar-refractivity contribution in [3.8, 4) is 11.3 Å². The highest BCUT2D eigenvalue weighted by Gasteiger charge is 2.67. The number of hydrogen-bond donors (Lipinski definition) is 4. The Hall–Kier alpha value is -4.88. The van der Waals surface area contributed by atoms with Gasteiger partial charge in [0.05, 0.1) is 51.7 Å². The molecule has 2 aromatic heterocycles. The minimum atomic E-state index is -3.82. The summed E-state index contributed by atoms with van der Waals surface area (Å²) in [6.07, 6.45) is 1.33. The third-order valence-corrected chi connectivity index (χ3v) is 10.4. The van der Waals surface area contributed by atoms with Crippen molar-refractivity contribution in [2.24, 2.45) is 18.9 Å². The van der Waals surface area contributed by atoms with E-state index in [1.54, 1.807) is 0 Å². The van der Waals surface area contributed by atoms with Crippen LogP contribution in [0.3, 0.4) is 0 Å². The van der Waals surface area contributed by atoms with Crippen molar-refractivity contribution >= 4 is 50.1 Å². The van der Waals surface area contributed by atoms with Crippen LogP contribution in [0, 0.1) is 23.5 Å². The van der Waals surface area contributed by atoms with E-state index >= 15 is 8.78 Å². The maximum atomic E-state index is 15.6. The van der Waals surface area contributed by atoms with Crippen LogP contribution >= 0.6 is 11.6 Å². The molecule has 2 aromatic carbocycles. The first-order chi connectivity index (χ1) is 24.8. The van der Waals surface area contributed by atoms with Crippen LogP contribution in [-0.4, -0.2) is 69.8 Å². The lowest BCUT2D eigenvalue weighted by Gasteiger charge is -2.39. The molecule has 4 aromatic rings. The van der Waals surface area contributed by atoms with E-state index in [4.69, 9.17) is 17.3 Å². The molecule has 12 nitrogen and oxygen atoms in total. The molecule has 20 heteroatoms. The van der Waals surface area contributed by atoms with Crippen molar-refractivity contribution < 1.29 is 39.6 Å². The standard InChI is InChI=1S/C33H30ClF6N9O3S/c1-32(31(37)38)25-17-4-6-19(17)33(39,40)29(25)49(47-32)13-23(50)43-21(10-14-8-15(35)11-16(36)9-14)27-26(44-22(41)12-42-27)18-5-7-20(34)24-28(18)48(2)45-30(24)46-53(3,51)52/h4-9,11-12,17,19,21,31,47H,10,13H2,1-3H3,(H2,41,44)(H,43,50)(H,45,46)/t17-,19+,21?,32?/m0/s1. The van der Waals surface area contributed by atoms with Crippen molar-refractivity contribution in [1.29, 1.82) is 0 Å². The Kier molecular flexibility index (Phi) is 8.69. The van der Waals surface area contributed by atoms with Crippen molar-refractivity contribution in [1.82, 2.24) is 35.5 Å². The number of alkyl halides is 4. The average molecular weight is 782 g/mol. The van der Waals surface area contributed by atoms with Crippen LogP contribution in [0.2, 0.25) is 5.02 Å². The number of nitrogens with two attached hydrogens (primary N) is 1. The fourth-order valence-corrected chi connectivity index (χ4v) is 8.03. The summed E-state index contributed by atoms with van der Waals surface area (Å²) < 4.78 is 117. The van der Waals surface area contributed by atoms with E-state index in [0.29, 0.717) is 6.07 Å². The van der Waals surface area contributed by atoms with Gasteiger partial charge in [0.2, 0.25) is 15.9 Å². The highest BCUT2D eigenvalue weighted by atomic mass is 35.5. The van der Waals surface area contributed by atoms with Crippen LogP contribution in [0.4, 0.5) is 38.0 Å². The molecule has 3 aliphatic rings. The zero-order chi connectivity index (χ0) is 38.4. The number of benzene rings is 2. The molecular formula is C33H30ClF6N9O3S. The highest BCUT2D eigenvalue weighted by Crippen LogP contribution is 2.60. The van der Waals surface area contributed by atoms with E-state index in [-0.39, 0.29) is 62.1 Å². The Labute approximate surface area is 303 Å². The number of nitrogens with one attached hydrogen (secondary N) is 3. The number of amides is 1. The maximum Gasteiger partial charge on any atom is 0.295 e. The summed E-state index contributed by atoms with van der Waals surface area (Å²) in [5.74, 6) is -8.83. The van der Waals surface area contributed by atoms with Crippen LogP contribution in [0.1, 0.15) is 24.2 Å². The molecule has 0 saturated heterocycles. The van der Waals surface area contributed by atoms with Crippen LogP contribution < -0.4 is 21.2 Å². The lowest BCUT2D eigenvalue weighted by atomic mass is 9.75. The number of hydrazine groups is 1. The van der Waals surface area contributed by atoms with Crippen LogP contribution in [0.5, 0.6) is 0 Å². The molecule has 0 spiro atoms. The second-order valence-electron chi connectivity index (χ2n) is 13.3. The predicted octanol–water partition coefficient (Wildman–Crippen LogP) is 4.86. The number of sulfonamides is 1. The van der Waals surface area contributed by atoms with Crippen molar-refractivity contribution in [3.05, 3.63) is 87.9 Å². The first-order valence-corrected chi connectivity index (χ1v) is 18.2. The third kappa shape index (κ3) is 6.23. The predicted molar refractivity (Wildman–Crippen MR) is 183 cm³/mol. The largest absolute Gasteiger partial charge is 0.382 e. The van der Waals surface area contributed by atoms with Gasteiger partial charge in [-0.25, -0.2) is 36.4 Å². The molecule has 53 heavy (non-hydrogen) atoms. The van der Waals surface area contributed by atoms with E-state index in [9.17, 15) is 30.8 Å². The van der Waals surface area contributed by atoms with E-state index in [1.165, 1.54) is 36.0 Å². The number of carbonyl (C=O) groups is 1. The molecule has 5 N–H and O–H groups in total. The number of halogens is 7. The van der Waals surface area contributed by atoms with Crippen molar-refractivity contribution in [2.75, 3.05) is 23.3 Å². The summed E-state index contributed by atoms with van der Waals surface area (Å²) in [7, 11) is -2.31. The number of fused-ring (bicyclic) bond motifs is 3. The van der Waals surface area contributed by atoms with E-state index in [1.807, 2.05) is 0 Å². The van der Waals surface area contributed by atoms with Crippen molar-refractivity contribution in [2.45, 2.75) is 37.3 Å². The van der Waals surface area contributed by atoms with Crippen LogP contribution in [0.15, 0.2) is 60.0 Å². The van der Waals surface area contributed by atoms with E-state index in [2.05, 4.69) is 30.5 Å². The summed E-state index contributed by atoms with van der Waals surface area (Å²) in [5.41, 5.74) is 5.94. The number of allylic oxidation sites excluding steroid dienone is 3. The Morgan fingerprint density at radius 3 is 2.47 bits per heavy atom. The lowest BCUT2D eigenvalue weighted by molar-refractivity contribution is -0.124. The summed E-state index contributed by atoms with van der Waals surface area (Å²) in [4.78, 5) is 22.7. The fourth-order valence-electron chi connectivity index (χ4n) is 7.30. The smallest absolute Gasteiger partial charge is 0.295 e. The molecular weight excluding hydrogens is 752 g/mol. The summed E-state index contributed by atoms with van der Waals surface area (Å²) in [6, 6.07) is 4.35. The molecule has 4 atom stereocenters.